The fourth-order valence-electron chi connectivity index (χ4n) is 4.45. The van der Waals surface area contributed by atoms with Crippen molar-refractivity contribution in [1.82, 2.24) is 14.9 Å². The van der Waals surface area contributed by atoms with Crippen LogP contribution in [-0.2, 0) is 16.8 Å². The zero-order chi connectivity index (χ0) is 23.6. The maximum Gasteiger partial charge on any atom is 0.388 e. The Hall–Kier alpha value is -3.26. The Kier molecular flexibility index (Phi) is 6.47. The predicted molar refractivity (Wildman–Crippen MR) is 123 cm³/mol. The highest BCUT2D eigenvalue weighted by Crippen LogP contribution is 2.41. The Balaban J connectivity index is 1.66. The molecule has 1 aliphatic heterocycles. The van der Waals surface area contributed by atoms with Crippen LogP contribution in [0.4, 0.5) is 14.5 Å². The normalized spacial score (nSPS) is 15.5. The molecular formula is C25H28F2N4O2. The highest BCUT2D eigenvalue weighted by Gasteiger charge is 2.51. The number of rotatable bonds is 8. The van der Waals surface area contributed by atoms with Crippen LogP contribution in [0.5, 0.6) is 5.88 Å². The van der Waals surface area contributed by atoms with Crippen molar-refractivity contribution in [3.05, 3.63) is 77.2 Å². The summed E-state index contributed by atoms with van der Waals surface area (Å²) in [5, 5.41) is 2.84. The van der Waals surface area contributed by atoms with Crippen LogP contribution in [-0.4, -0.2) is 40.5 Å². The molecule has 0 radical (unpaired) electrons. The Morgan fingerprint density at radius 3 is 2.61 bits per heavy atom. The summed E-state index contributed by atoms with van der Waals surface area (Å²) >= 11 is 0. The van der Waals surface area contributed by atoms with Gasteiger partial charge >= 0.3 is 6.61 Å². The summed E-state index contributed by atoms with van der Waals surface area (Å²) in [6.45, 7) is 4.53. The zero-order valence-corrected chi connectivity index (χ0v) is 18.9. The molecule has 33 heavy (non-hydrogen) atoms. The summed E-state index contributed by atoms with van der Waals surface area (Å²) < 4.78 is 30.4. The molecule has 0 bridgehead atoms. The number of carbonyl (C=O) groups is 1. The number of ether oxygens (including phenoxy) is 1. The van der Waals surface area contributed by atoms with Crippen molar-refractivity contribution in [2.24, 2.45) is 0 Å². The Labute approximate surface area is 192 Å². The predicted octanol–water partition coefficient (Wildman–Crippen LogP) is 4.84. The lowest BCUT2D eigenvalue weighted by Gasteiger charge is -2.50. The molecule has 0 saturated carbocycles. The summed E-state index contributed by atoms with van der Waals surface area (Å²) in [7, 11) is 0. The number of alkyl halides is 2. The molecule has 1 saturated heterocycles. The van der Waals surface area contributed by atoms with Gasteiger partial charge in [-0.2, -0.15) is 8.78 Å². The molecule has 3 heterocycles. The van der Waals surface area contributed by atoms with E-state index in [2.05, 4.69) is 38.8 Å². The molecule has 1 aromatic carbocycles. The number of pyridine rings is 1. The van der Waals surface area contributed by atoms with Crippen molar-refractivity contribution in [1.29, 1.82) is 0 Å². The summed E-state index contributed by atoms with van der Waals surface area (Å²) in [5.74, 6) is -0.321. The largest absolute Gasteiger partial charge is 0.415 e. The minimum Gasteiger partial charge on any atom is -0.415 e. The topological polar surface area (TPSA) is 70.2 Å². The summed E-state index contributed by atoms with van der Waals surface area (Å²) in [4.78, 5) is 23.2. The van der Waals surface area contributed by atoms with E-state index in [1.165, 1.54) is 0 Å². The maximum atomic E-state index is 13.7. The van der Waals surface area contributed by atoms with Crippen molar-refractivity contribution >= 4 is 11.6 Å². The highest BCUT2D eigenvalue weighted by molar-refractivity contribution is 6.01. The monoisotopic (exact) mass is 454 g/mol. The summed E-state index contributed by atoms with van der Waals surface area (Å²) in [6, 6.07) is 15.1. The molecular weight excluding hydrogens is 426 g/mol. The number of likely N-dealkylation sites (tertiary alicyclic amines) is 1. The van der Waals surface area contributed by atoms with Gasteiger partial charge in [0.1, 0.15) is 5.69 Å². The van der Waals surface area contributed by atoms with E-state index in [4.69, 9.17) is 0 Å². The van der Waals surface area contributed by atoms with Crippen LogP contribution < -0.4 is 10.1 Å². The van der Waals surface area contributed by atoms with Gasteiger partial charge in [0, 0.05) is 37.2 Å². The smallest absolute Gasteiger partial charge is 0.388 e. The van der Waals surface area contributed by atoms with Crippen LogP contribution in [0.2, 0.25) is 0 Å². The molecule has 2 aromatic heterocycles. The Bertz CT molecular complexity index is 1110. The molecule has 1 fully saturated rings. The van der Waals surface area contributed by atoms with Gasteiger partial charge in [0.2, 0.25) is 11.8 Å². The third-order valence-electron chi connectivity index (χ3n) is 6.02. The van der Waals surface area contributed by atoms with Crippen LogP contribution in [0, 0.1) is 6.92 Å². The number of halogens is 2. The quantitative estimate of drug-likeness (QED) is 0.511. The molecule has 4 rings (SSSR count). The van der Waals surface area contributed by atoms with Crippen molar-refractivity contribution in [3.8, 4) is 5.88 Å². The van der Waals surface area contributed by atoms with E-state index >= 15 is 0 Å². The molecule has 1 aliphatic rings. The van der Waals surface area contributed by atoms with E-state index in [1.807, 2.05) is 42.6 Å². The third-order valence-corrected chi connectivity index (χ3v) is 6.02. The van der Waals surface area contributed by atoms with E-state index in [9.17, 15) is 13.6 Å². The second-order valence-electron chi connectivity index (χ2n) is 8.80. The van der Waals surface area contributed by atoms with Gasteiger partial charge in [0.25, 0.3) is 0 Å². The SMILES string of the molecule is Cc1ccc(NC(=O)C2(c3ccccc3C(C)C)CN(Cc3ccc[nH]3)C2)c(OC(F)F)n1. The number of nitrogens with one attached hydrogen (secondary N) is 2. The van der Waals surface area contributed by atoms with Gasteiger partial charge in [-0.15, -0.1) is 0 Å². The fraction of sp³-hybridized carbons (Fsp3) is 0.360. The number of hydrogen-bond acceptors (Lipinski definition) is 4. The summed E-state index contributed by atoms with van der Waals surface area (Å²) in [6.07, 6.45) is 1.87. The Morgan fingerprint density at radius 2 is 1.94 bits per heavy atom. The number of carbonyl (C=O) groups excluding carboxylic acids is 1. The lowest BCUT2D eigenvalue weighted by atomic mass is 9.69. The molecule has 2 N–H and O–H groups in total. The molecule has 0 spiro atoms. The lowest BCUT2D eigenvalue weighted by molar-refractivity contribution is -0.128. The first kappa shape index (κ1) is 22.9. The van der Waals surface area contributed by atoms with Crippen molar-refractivity contribution in [2.45, 2.75) is 45.3 Å². The van der Waals surface area contributed by atoms with E-state index in [0.29, 0.717) is 25.3 Å². The molecule has 6 nitrogen and oxygen atoms in total. The Morgan fingerprint density at radius 1 is 1.18 bits per heavy atom. The molecule has 0 atom stereocenters. The second-order valence-corrected chi connectivity index (χ2v) is 8.80. The number of H-pyrrole nitrogens is 1. The fourth-order valence-corrected chi connectivity index (χ4v) is 4.45. The molecule has 1 amide bonds. The second kappa shape index (κ2) is 9.31. The molecule has 8 heteroatoms. The van der Waals surface area contributed by atoms with Crippen molar-refractivity contribution in [3.63, 3.8) is 0 Å². The zero-order valence-electron chi connectivity index (χ0n) is 18.9. The standard InChI is InChI=1S/C25H28F2N4O2/c1-16(2)19-8-4-5-9-20(19)25(14-31(15-25)13-18-7-6-12-28-18)23(32)30-21-11-10-17(3)29-22(21)33-24(26)27/h4-12,16,24,28H,13-15H2,1-3H3,(H,30,32). The van der Waals surface area contributed by atoms with Gasteiger partial charge < -0.3 is 15.0 Å². The van der Waals surface area contributed by atoms with Gasteiger partial charge in [0.05, 0.1) is 5.41 Å². The number of aromatic nitrogens is 2. The number of hydrogen-bond donors (Lipinski definition) is 2. The van der Waals surface area contributed by atoms with Crippen LogP contribution in [0.25, 0.3) is 0 Å². The first-order valence-corrected chi connectivity index (χ1v) is 11.0. The van der Waals surface area contributed by atoms with E-state index in [0.717, 1.165) is 16.8 Å². The first-order chi connectivity index (χ1) is 15.8. The van der Waals surface area contributed by atoms with E-state index in [1.54, 1.807) is 19.1 Å². The highest BCUT2D eigenvalue weighted by atomic mass is 19.3. The molecule has 0 unspecified atom stereocenters. The third kappa shape index (κ3) is 4.75. The van der Waals surface area contributed by atoms with Crippen molar-refractivity contribution in [2.75, 3.05) is 18.4 Å². The number of aromatic amines is 1. The van der Waals surface area contributed by atoms with E-state index < -0.39 is 12.0 Å². The number of amides is 1. The van der Waals surface area contributed by atoms with Gasteiger partial charge in [-0.3, -0.25) is 9.69 Å². The minimum absolute atomic E-state index is 0.134. The first-order valence-electron chi connectivity index (χ1n) is 11.0. The van der Waals surface area contributed by atoms with Gasteiger partial charge in [0.15, 0.2) is 0 Å². The number of nitrogens with zero attached hydrogens (tertiary/aromatic N) is 2. The van der Waals surface area contributed by atoms with Crippen LogP contribution in [0.1, 0.15) is 42.3 Å². The van der Waals surface area contributed by atoms with Crippen LogP contribution >= 0.6 is 0 Å². The van der Waals surface area contributed by atoms with Gasteiger partial charge in [-0.25, -0.2) is 4.98 Å². The number of aryl methyl sites for hydroxylation is 1. The van der Waals surface area contributed by atoms with Crippen molar-refractivity contribution < 1.29 is 18.3 Å². The van der Waals surface area contributed by atoms with Gasteiger partial charge in [-0.1, -0.05) is 38.1 Å². The average Bonchev–Trinajstić information content (AvgIpc) is 3.25. The van der Waals surface area contributed by atoms with Crippen LogP contribution in [0.15, 0.2) is 54.7 Å². The number of anilines is 1. The molecule has 3 aromatic rings. The minimum atomic E-state index is -3.04. The molecule has 174 valence electrons. The van der Waals surface area contributed by atoms with E-state index in [-0.39, 0.29) is 23.4 Å². The number of benzene rings is 1. The van der Waals surface area contributed by atoms with Gasteiger partial charge in [-0.05, 0) is 48.2 Å². The van der Waals surface area contributed by atoms with Crippen LogP contribution in [0.3, 0.4) is 0 Å². The lowest BCUT2D eigenvalue weighted by Crippen LogP contribution is -2.64. The molecule has 0 aliphatic carbocycles. The average molecular weight is 455 g/mol. The summed E-state index contributed by atoms with van der Waals surface area (Å²) in [5.41, 5.74) is 2.95. The maximum absolute atomic E-state index is 13.7.